The minimum atomic E-state index is -0.567. The first-order valence-corrected chi connectivity index (χ1v) is 6.56. The van der Waals surface area contributed by atoms with Crippen LogP contribution in [-0.2, 0) is 0 Å². The second-order valence-corrected chi connectivity index (χ2v) is 5.40. The van der Waals surface area contributed by atoms with Gasteiger partial charge in [0.25, 0.3) is 0 Å². The van der Waals surface area contributed by atoms with Gasteiger partial charge in [-0.15, -0.1) is 0 Å². The topological polar surface area (TPSA) is 32.5 Å². The van der Waals surface area contributed by atoms with Crippen LogP contribution in [-0.4, -0.2) is 49.6 Å². The molecule has 2 unspecified atom stereocenters. The van der Waals surface area contributed by atoms with Crippen LogP contribution in [0.2, 0.25) is 0 Å². The zero-order valence-electron chi connectivity index (χ0n) is 11.4. The molecule has 1 aliphatic heterocycles. The molecule has 1 aromatic rings. The summed E-state index contributed by atoms with van der Waals surface area (Å²) in [7, 11) is 4.13. The lowest BCUT2D eigenvalue weighted by Crippen LogP contribution is -2.50. The molecule has 2 atom stereocenters. The highest BCUT2D eigenvalue weighted by molar-refractivity contribution is 5.22. The molecule has 1 aliphatic rings. The van der Waals surface area contributed by atoms with E-state index in [0.29, 0.717) is 18.0 Å². The number of hydrogen-bond donors (Lipinski definition) is 1. The second-order valence-electron chi connectivity index (χ2n) is 5.40. The monoisotopic (exact) mass is 269 g/mol. The number of likely N-dealkylation sites (N-methyl/N-ethyl adjacent to an activating group) is 2. The molecule has 1 aromatic carbocycles. The van der Waals surface area contributed by atoms with Gasteiger partial charge in [0.15, 0.2) is 0 Å². The summed E-state index contributed by atoms with van der Waals surface area (Å²) < 4.78 is 26.6. The van der Waals surface area contributed by atoms with Crippen molar-refractivity contribution < 1.29 is 8.78 Å². The van der Waals surface area contributed by atoms with Crippen molar-refractivity contribution in [3.8, 4) is 0 Å². The van der Waals surface area contributed by atoms with E-state index in [1.165, 1.54) is 12.1 Å². The van der Waals surface area contributed by atoms with Crippen molar-refractivity contribution in [1.82, 2.24) is 9.80 Å². The zero-order chi connectivity index (χ0) is 14.0. The number of nitrogens with two attached hydrogens (primary N) is 1. The third-order valence-electron chi connectivity index (χ3n) is 3.87. The Kier molecular flexibility index (Phi) is 4.50. The largest absolute Gasteiger partial charge is 0.324 e. The number of piperazine rings is 1. The lowest BCUT2D eigenvalue weighted by atomic mass is 9.97. The first-order valence-electron chi connectivity index (χ1n) is 6.56. The molecule has 2 rings (SSSR count). The Morgan fingerprint density at radius 1 is 1.32 bits per heavy atom. The van der Waals surface area contributed by atoms with Crippen LogP contribution in [0.1, 0.15) is 18.0 Å². The van der Waals surface area contributed by atoms with Gasteiger partial charge in [-0.25, -0.2) is 8.78 Å². The van der Waals surface area contributed by atoms with E-state index in [0.717, 1.165) is 25.7 Å². The highest BCUT2D eigenvalue weighted by atomic mass is 19.1. The van der Waals surface area contributed by atoms with E-state index in [1.807, 2.05) is 0 Å². The van der Waals surface area contributed by atoms with E-state index >= 15 is 0 Å². The summed E-state index contributed by atoms with van der Waals surface area (Å²) in [6.07, 6.45) is 0.670. The molecule has 0 aliphatic carbocycles. The van der Waals surface area contributed by atoms with E-state index < -0.39 is 17.7 Å². The molecule has 106 valence electrons. The Labute approximate surface area is 113 Å². The number of halogens is 2. The average molecular weight is 269 g/mol. The molecule has 0 amide bonds. The molecule has 3 nitrogen and oxygen atoms in total. The molecule has 1 fully saturated rings. The van der Waals surface area contributed by atoms with E-state index in [2.05, 4.69) is 23.9 Å². The molecule has 1 heterocycles. The van der Waals surface area contributed by atoms with Crippen LogP contribution < -0.4 is 5.73 Å². The van der Waals surface area contributed by atoms with Crippen molar-refractivity contribution in [3.63, 3.8) is 0 Å². The van der Waals surface area contributed by atoms with Gasteiger partial charge in [-0.05, 0) is 26.6 Å². The van der Waals surface area contributed by atoms with Crippen molar-refractivity contribution in [2.75, 3.05) is 33.7 Å². The summed E-state index contributed by atoms with van der Waals surface area (Å²) in [5.41, 5.74) is 6.47. The van der Waals surface area contributed by atoms with Gasteiger partial charge in [0.05, 0.1) is 0 Å². The maximum absolute atomic E-state index is 13.7. The second kappa shape index (κ2) is 5.94. The van der Waals surface area contributed by atoms with Gasteiger partial charge >= 0.3 is 0 Å². The number of hydrogen-bond acceptors (Lipinski definition) is 3. The first kappa shape index (κ1) is 14.4. The summed E-state index contributed by atoms with van der Waals surface area (Å²) in [5, 5.41) is 0. The van der Waals surface area contributed by atoms with Crippen molar-refractivity contribution in [1.29, 1.82) is 0 Å². The maximum Gasteiger partial charge on any atom is 0.130 e. The molecule has 2 N–H and O–H groups in total. The van der Waals surface area contributed by atoms with Crippen LogP contribution in [0.15, 0.2) is 18.2 Å². The average Bonchev–Trinajstić information content (AvgIpc) is 2.33. The highest BCUT2D eigenvalue weighted by Crippen LogP contribution is 2.23. The molecule has 19 heavy (non-hydrogen) atoms. The molecule has 0 radical (unpaired) electrons. The quantitative estimate of drug-likeness (QED) is 0.904. The Bertz CT molecular complexity index is 439. The molecule has 0 bridgehead atoms. The van der Waals surface area contributed by atoms with Gasteiger partial charge in [-0.1, -0.05) is 6.07 Å². The predicted octanol–water partition coefficient (Wildman–Crippen LogP) is 1.60. The fourth-order valence-corrected chi connectivity index (χ4v) is 2.58. The maximum atomic E-state index is 13.7. The first-order chi connectivity index (χ1) is 8.97. The van der Waals surface area contributed by atoms with Crippen LogP contribution in [0.25, 0.3) is 0 Å². The van der Waals surface area contributed by atoms with Crippen molar-refractivity contribution in [2.24, 2.45) is 5.73 Å². The van der Waals surface area contributed by atoms with Crippen LogP contribution in [0.5, 0.6) is 0 Å². The molecule has 0 saturated carbocycles. The van der Waals surface area contributed by atoms with Gasteiger partial charge in [0.2, 0.25) is 0 Å². The normalized spacial score (nSPS) is 23.5. The van der Waals surface area contributed by atoms with E-state index in [-0.39, 0.29) is 0 Å². The van der Waals surface area contributed by atoms with E-state index in [4.69, 9.17) is 5.73 Å². The van der Waals surface area contributed by atoms with Gasteiger partial charge < -0.3 is 15.5 Å². The van der Waals surface area contributed by atoms with Crippen molar-refractivity contribution in [3.05, 3.63) is 35.4 Å². The van der Waals surface area contributed by atoms with Crippen LogP contribution >= 0.6 is 0 Å². The minimum absolute atomic E-state index is 0.304. The lowest BCUT2D eigenvalue weighted by Gasteiger charge is -2.38. The summed E-state index contributed by atoms with van der Waals surface area (Å²) >= 11 is 0. The SMILES string of the molecule is CN1CCN(C)C(CC(N)c2ccc(F)cc2F)C1. The Morgan fingerprint density at radius 3 is 2.74 bits per heavy atom. The fraction of sp³-hybridized carbons (Fsp3) is 0.571. The van der Waals surface area contributed by atoms with Crippen LogP contribution in [0, 0.1) is 11.6 Å². The van der Waals surface area contributed by atoms with E-state index in [9.17, 15) is 8.78 Å². The van der Waals surface area contributed by atoms with Crippen molar-refractivity contribution in [2.45, 2.75) is 18.5 Å². The summed E-state index contributed by atoms with van der Waals surface area (Å²) in [5.74, 6) is -1.12. The summed E-state index contributed by atoms with van der Waals surface area (Å²) in [4.78, 5) is 4.50. The fourth-order valence-electron chi connectivity index (χ4n) is 2.58. The van der Waals surface area contributed by atoms with Gasteiger partial charge in [-0.3, -0.25) is 0 Å². The molecule has 0 spiro atoms. The third-order valence-corrected chi connectivity index (χ3v) is 3.87. The molecular formula is C14H21F2N3. The molecule has 5 heteroatoms. The minimum Gasteiger partial charge on any atom is -0.324 e. The third kappa shape index (κ3) is 3.49. The zero-order valence-corrected chi connectivity index (χ0v) is 11.4. The van der Waals surface area contributed by atoms with Gasteiger partial charge in [0.1, 0.15) is 11.6 Å². The Morgan fingerprint density at radius 2 is 2.05 bits per heavy atom. The van der Waals surface area contributed by atoms with Crippen LogP contribution in [0.4, 0.5) is 8.78 Å². The number of benzene rings is 1. The molecule has 1 saturated heterocycles. The van der Waals surface area contributed by atoms with E-state index in [1.54, 1.807) is 0 Å². The Balaban J connectivity index is 2.05. The summed E-state index contributed by atoms with van der Waals surface area (Å²) in [6, 6.07) is 3.50. The van der Waals surface area contributed by atoms with Gasteiger partial charge in [0, 0.05) is 43.3 Å². The predicted molar refractivity (Wildman–Crippen MR) is 71.8 cm³/mol. The smallest absolute Gasteiger partial charge is 0.130 e. The highest BCUT2D eigenvalue weighted by Gasteiger charge is 2.25. The standard InChI is InChI=1S/C14H21F2N3/c1-18-5-6-19(2)11(9-18)8-14(17)12-4-3-10(15)7-13(12)16/h3-4,7,11,14H,5-6,8-9,17H2,1-2H3. The van der Waals surface area contributed by atoms with Crippen molar-refractivity contribution >= 4 is 0 Å². The lowest BCUT2D eigenvalue weighted by molar-refractivity contribution is 0.104. The molecule has 0 aromatic heterocycles. The summed E-state index contributed by atoms with van der Waals surface area (Å²) in [6.45, 7) is 2.94. The van der Waals surface area contributed by atoms with Crippen LogP contribution in [0.3, 0.4) is 0 Å². The number of rotatable bonds is 3. The molecular weight excluding hydrogens is 248 g/mol. The number of nitrogens with zero attached hydrogens (tertiary/aromatic N) is 2. The Hall–Kier alpha value is -1.04. The van der Waals surface area contributed by atoms with Gasteiger partial charge in [-0.2, -0.15) is 0 Å².